The first-order valence-electron chi connectivity index (χ1n) is 9.20. The maximum atomic E-state index is 11.9. The summed E-state index contributed by atoms with van der Waals surface area (Å²) >= 11 is 1.82. The van der Waals surface area contributed by atoms with Crippen LogP contribution in [0.4, 0.5) is 5.95 Å². The quantitative estimate of drug-likeness (QED) is 0.447. The standard InChI is InChI=1S/C21H25N3O2S/c1-14(2)17-12-18-16(11-20(25)26-19(18)10-15(17)3)13-27-9-5-8-24-21-22-6-4-7-23-21/h4,6-7,10-12,14H,5,8-9,13H2,1-3H3,(H,22,23,24). The number of nitrogens with zero attached hydrogens (tertiary/aromatic N) is 2. The van der Waals surface area contributed by atoms with E-state index >= 15 is 0 Å². The number of thioether (sulfide) groups is 1. The number of rotatable bonds is 8. The molecular formula is C21H25N3O2S. The van der Waals surface area contributed by atoms with Crippen LogP contribution in [-0.2, 0) is 5.75 Å². The third-order valence-electron chi connectivity index (χ3n) is 4.41. The third-order valence-corrected chi connectivity index (χ3v) is 5.50. The summed E-state index contributed by atoms with van der Waals surface area (Å²) in [5, 5.41) is 4.26. The zero-order chi connectivity index (χ0) is 19.2. The minimum atomic E-state index is -0.280. The van der Waals surface area contributed by atoms with Crippen LogP contribution in [-0.4, -0.2) is 22.3 Å². The van der Waals surface area contributed by atoms with Gasteiger partial charge in [-0.15, -0.1) is 0 Å². The number of fused-ring (bicyclic) bond motifs is 1. The second-order valence-electron chi connectivity index (χ2n) is 6.86. The van der Waals surface area contributed by atoms with E-state index in [0.29, 0.717) is 17.4 Å². The van der Waals surface area contributed by atoms with Crippen LogP contribution >= 0.6 is 11.8 Å². The van der Waals surface area contributed by atoms with Gasteiger partial charge in [0.15, 0.2) is 0 Å². The van der Waals surface area contributed by atoms with E-state index in [1.165, 1.54) is 11.1 Å². The number of aromatic nitrogens is 2. The zero-order valence-electron chi connectivity index (χ0n) is 16.0. The van der Waals surface area contributed by atoms with E-state index in [9.17, 15) is 4.79 Å². The van der Waals surface area contributed by atoms with Crippen molar-refractivity contribution in [3.8, 4) is 0 Å². The molecule has 0 radical (unpaired) electrons. The Morgan fingerprint density at radius 3 is 2.70 bits per heavy atom. The van der Waals surface area contributed by atoms with Crippen molar-refractivity contribution in [3.05, 3.63) is 63.8 Å². The van der Waals surface area contributed by atoms with Crippen LogP contribution in [0.1, 0.15) is 42.9 Å². The van der Waals surface area contributed by atoms with Gasteiger partial charge in [-0.3, -0.25) is 0 Å². The maximum absolute atomic E-state index is 11.9. The highest BCUT2D eigenvalue weighted by molar-refractivity contribution is 7.98. The monoisotopic (exact) mass is 383 g/mol. The maximum Gasteiger partial charge on any atom is 0.336 e. The lowest BCUT2D eigenvalue weighted by Crippen LogP contribution is -2.06. The predicted octanol–water partition coefficient (Wildman–Crippen LogP) is 4.75. The third kappa shape index (κ3) is 5.10. The minimum absolute atomic E-state index is 0.280. The van der Waals surface area contributed by atoms with Crippen molar-refractivity contribution in [3.63, 3.8) is 0 Å². The molecule has 0 unspecified atom stereocenters. The Bertz CT molecular complexity index is 955. The normalized spacial score (nSPS) is 11.3. The molecule has 142 valence electrons. The van der Waals surface area contributed by atoms with Gasteiger partial charge >= 0.3 is 5.63 Å². The Labute approximate surface area is 163 Å². The highest BCUT2D eigenvalue weighted by atomic mass is 32.2. The first-order chi connectivity index (χ1) is 13.0. The van der Waals surface area contributed by atoms with E-state index < -0.39 is 0 Å². The lowest BCUT2D eigenvalue weighted by Gasteiger charge is -2.13. The van der Waals surface area contributed by atoms with E-state index in [1.54, 1.807) is 24.5 Å². The van der Waals surface area contributed by atoms with Crippen molar-refractivity contribution in [1.29, 1.82) is 0 Å². The molecule has 0 spiro atoms. The largest absolute Gasteiger partial charge is 0.423 e. The molecule has 0 aliphatic carbocycles. The van der Waals surface area contributed by atoms with Crippen molar-refractivity contribution < 1.29 is 4.42 Å². The molecule has 0 amide bonds. The van der Waals surface area contributed by atoms with Crippen LogP contribution in [0.5, 0.6) is 0 Å². The smallest absolute Gasteiger partial charge is 0.336 e. The molecule has 5 nitrogen and oxygen atoms in total. The molecule has 27 heavy (non-hydrogen) atoms. The minimum Gasteiger partial charge on any atom is -0.423 e. The summed E-state index contributed by atoms with van der Waals surface area (Å²) < 4.78 is 5.42. The molecular weight excluding hydrogens is 358 g/mol. The van der Waals surface area contributed by atoms with Gasteiger partial charge in [-0.25, -0.2) is 14.8 Å². The number of anilines is 1. The van der Waals surface area contributed by atoms with Gasteiger partial charge in [0.05, 0.1) is 0 Å². The van der Waals surface area contributed by atoms with Gasteiger partial charge in [0.2, 0.25) is 5.95 Å². The molecule has 1 aromatic carbocycles. The Morgan fingerprint density at radius 2 is 1.96 bits per heavy atom. The number of nitrogens with one attached hydrogen (secondary N) is 1. The lowest BCUT2D eigenvalue weighted by molar-refractivity contribution is 0.559. The molecule has 0 fully saturated rings. The van der Waals surface area contributed by atoms with Crippen molar-refractivity contribution in [2.75, 3.05) is 17.6 Å². The Kier molecular flexibility index (Phi) is 6.50. The molecule has 3 aromatic rings. The summed E-state index contributed by atoms with van der Waals surface area (Å²) in [6.45, 7) is 7.27. The van der Waals surface area contributed by atoms with E-state index in [2.05, 4.69) is 42.1 Å². The van der Waals surface area contributed by atoms with Gasteiger partial charge in [0, 0.05) is 36.1 Å². The van der Waals surface area contributed by atoms with Crippen molar-refractivity contribution in [1.82, 2.24) is 9.97 Å². The van der Waals surface area contributed by atoms with Crippen LogP contribution in [0.3, 0.4) is 0 Å². The second-order valence-corrected chi connectivity index (χ2v) is 7.96. The molecule has 0 saturated carbocycles. The molecule has 6 heteroatoms. The predicted molar refractivity (Wildman–Crippen MR) is 113 cm³/mol. The second kappa shape index (κ2) is 9.04. The summed E-state index contributed by atoms with van der Waals surface area (Å²) in [5.41, 5.74) is 3.92. The fourth-order valence-electron chi connectivity index (χ4n) is 3.08. The summed E-state index contributed by atoms with van der Waals surface area (Å²) in [5.74, 6) is 2.88. The molecule has 0 aliphatic heterocycles. The van der Waals surface area contributed by atoms with Gasteiger partial charge in [0.25, 0.3) is 0 Å². The first kappa shape index (κ1) is 19.4. The number of hydrogen-bond acceptors (Lipinski definition) is 6. The van der Waals surface area contributed by atoms with Gasteiger partial charge in [-0.05, 0) is 59.9 Å². The Morgan fingerprint density at radius 1 is 1.19 bits per heavy atom. The van der Waals surface area contributed by atoms with Crippen molar-refractivity contribution in [2.45, 2.75) is 38.9 Å². The summed E-state index contributed by atoms with van der Waals surface area (Å²) in [6, 6.07) is 7.60. The molecule has 0 atom stereocenters. The topological polar surface area (TPSA) is 68.0 Å². The zero-order valence-corrected chi connectivity index (χ0v) is 16.8. The average molecular weight is 384 g/mol. The lowest BCUT2D eigenvalue weighted by atomic mass is 9.95. The molecule has 3 rings (SSSR count). The summed E-state index contributed by atoms with van der Waals surface area (Å²) in [7, 11) is 0. The first-order valence-corrected chi connectivity index (χ1v) is 10.4. The molecule has 0 bridgehead atoms. The summed E-state index contributed by atoms with van der Waals surface area (Å²) in [6.07, 6.45) is 4.45. The fraction of sp³-hybridized carbons (Fsp3) is 0.381. The van der Waals surface area contributed by atoms with E-state index in [1.807, 2.05) is 17.8 Å². The van der Waals surface area contributed by atoms with Gasteiger partial charge in [0.1, 0.15) is 5.58 Å². The Hall–Kier alpha value is -2.34. The molecule has 1 N–H and O–H groups in total. The van der Waals surface area contributed by atoms with Crippen LogP contribution in [0, 0.1) is 6.92 Å². The average Bonchev–Trinajstić information content (AvgIpc) is 2.64. The molecule has 0 aliphatic rings. The summed E-state index contributed by atoms with van der Waals surface area (Å²) in [4.78, 5) is 20.2. The van der Waals surface area contributed by atoms with Gasteiger partial charge in [-0.1, -0.05) is 13.8 Å². The van der Waals surface area contributed by atoms with Gasteiger partial charge in [-0.2, -0.15) is 11.8 Å². The fourth-order valence-corrected chi connectivity index (χ4v) is 4.03. The Balaban J connectivity index is 1.62. The number of hydrogen-bond donors (Lipinski definition) is 1. The van der Waals surface area contributed by atoms with Crippen molar-refractivity contribution in [2.24, 2.45) is 0 Å². The van der Waals surface area contributed by atoms with Crippen LogP contribution in [0.2, 0.25) is 0 Å². The van der Waals surface area contributed by atoms with Crippen LogP contribution < -0.4 is 10.9 Å². The van der Waals surface area contributed by atoms with Gasteiger partial charge < -0.3 is 9.73 Å². The SMILES string of the molecule is Cc1cc2oc(=O)cc(CSCCCNc3ncccn3)c2cc1C(C)C. The molecule has 0 saturated heterocycles. The van der Waals surface area contributed by atoms with E-state index in [0.717, 1.165) is 35.4 Å². The molecule has 2 heterocycles. The number of aryl methyl sites for hydroxylation is 1. The molecule has 2 aromatic heterocycles. The van der Waals surface area contributed by atoms with E-state index in [-0.39, 0.29) is 5.63 Å². The van der Waals surface area contributed by atoms with E-state index in [4.69, 9.17) is 4.42 Å². The highest BCUT2D eigenvalue weighted by Gasteiger charge is 2.11. The number of benzene rings is 1. The van der Waals surface area contributed by atoms with Crippen LogP contribution in [0.15, 0.2) is 45.9 Å². The van der Waals surface area contributed by atoms with Crippen LogP contribution in [0.25, 0.3) is 11.0 Å². The highest BCUT2D eigenvalue weighted by Crippen LogP contribution is 2.28. The van der Waals surface area contributed by atoms with Crippen molar-refractivity contribution >= 4 is 28.7 Å².